The lowest BCUT2D eigenvalue weighted by atomic mass is 10.0. The van der Waals surface area contributed by atoms with Gasteiger partial charge in [-0.3, -0.25) is 4.79 Å². The molecule has 2 heterocycles. The first-order chi connectivity index (χ1) is 7.65. The van der Waals surface area contributed by atoms with E-state index in [4.69, 9.17) is 0 Å². The molecule has 0 aromatic carbocycles. The van der Waals surface area contributed by atoms with Gasteiger partial charge in [0, 0.05) is 6.54 Å². The molecule has 0 radical (unpaired) electrons. The number of piperidine rings is 1. The Balaban J connectivity index is 2.29. The van der Waals surface area contributed by atoms with Crippen LogP contribution in [-0.2, 0) is 14.3 Å². The standard InChI is InChI=1S/C10H14N2O4/c1-16-10(15)7-8(13)9(14)12-5-3-2-4-6(12)11-7/h6,11,13H,2-5H2,1H3. The van der Waals surface area contributed by atoms with Crippen molar-refractivity contribution in [2.75, 3.05) is 13.7 Å². The lowest BCUT2D eigenvalue weighted by Gasteiger charge is -2.39. The van der Waals surface area contributed by atoms with Gasteiger partial charge in [-0.05, 0) is 19.3 Å². The molecule has 1 fully saturated rings. The van der Waals surface area contributed by atoms with E-state index in [2.05, 4.69) is 10.1 Å². The molecule has 1 amide bonds. The van der Waals surface area contributed by atoms with Gasteiger partial charge in [0.2, 0.25) is 5.76 Å². The summed E-state index contributed by atoms with van der Waals surface area (Å²) in [6, 6.07) is 0. The molecule has 0 aromatic heterocycles. The number of aliphatic hydroxyl groups is 1. The Labute approximate surface area is 92.9 Å². The van der Waals surface area contributed by atoms with Crippen LogP contribution < -0.4 is 5.32 Å². The van der Waals surface area contributed by atoms with Gasteiger partial charge >= 0.3 is 5.97 Å². The number of aliphatic hydroxyl groups excluding tert-OH is 1. The van der Waals surface area contributed by atoms with Gasteiger partial charge in [0.1, 0.15) is 6.17 Å². The number of ether oxygens (including phenoxy) is 1. The average Bonchev–Trinajstić information content (AvgIpc) is 2.33. The molecule has 2 rings (SSSR count). The maximum absolute atomic E-state index is 11.8. The Kier molecular flexibility index (Phi) is 2.72. The summed E-state index contributed by atoms with van der Waals surface area (Å²) in [4.78, 5) is 24.6. The summed E-state index contributed by atoms with van der Waals surface area (Å²) >= 11 is 0. The number of hydrogen-bond donors (Lipinski definition) is 2. The number of hydrogen-bond acceptors (Lipinski definition) is 5. The second kappa shape index (κ2) is 4.03. The number of carbonyl (C=O) groups excluding carboxylic acids is 2. The van der Waals surface area contributed by atoms with E-state index < -0.39 is 17.6 Å². The summed E-state index contributed by atoms with van der Waals surface area (Å²) in [7, 11) is 1.21. The van der Waals surface area contributed by atoms with Crippen LogP contribution in [-0.4, -0.2) is 41.7 Å². The second-order valence-corrected chi connectivity index (χ2v) is 3.87. The van der Waals surface area contributed by atoms with Crippen LogP contribution in [0.2, 0.25) is 0 Å². The summed E-state index contributed by atoms with van der Waals surface area (Å²) in [6.07, 6.45) is 2.49. The maximum atomic E-state index is 11.8. The van der Waals surface area contributed by atoms with E-state index in [1.165, 1.54) is 7.11 Å². The van der Waals surface area contributed by atoms with Gasteiger partial charge < -0.3 is 20.1 Å². The molecule has 0 spiro atoms. The first kappa shape index (κ1) is 10.8. The van der Waals surface area contributed by atoms with Crippen molar-refractivity contribution in [3.8, 4) is 0 Å². The smallest absolute Gasteiger partial charge is 0.358 e. The largest absolute Gasteiger partial charge is 0.501 e. The van der Waals surface area contributed by atoms with Crippen LogP contribution in [0.4, 0.5) is 0 Å². The van der Waals surface area contributed by atoms with Gasteiger partial charge in [-0.1, -0.05) is 0 Å². The second-order valence-electron chi connectivity index (χ2n) is 3.87. The van der Waals surface area contributed by atoms with E-state index in [0.29, 0.717) is 6.54 Å². The predicted octanol–water partition coefficient (Wildman–Crippen LogP) is -0.129. The van der Waals surface area contributed by atoms with Crippen LogP contribution in [0.15, 0.2) is 11.5 Å². The predicted molar refractivity (Wildman–Crippen MR) is 54.2 cm³/mol. The molecule has 16 heavy (non-hydrogen) atoms. The summed E-state index contributed by atoms with van der Waals surface area (Å²) < 4.78 is 4.50. The van der Waals surface area contributed by atoms with E-state index in [-0.39, 0.29) is 11.9 Å². The van der Waals surface area contributed by atoms with E-state index in [0.717, 1.165) is 19.3 Å². The van der Waals surface area contributed by atoms with E-state index in [1.807, 2.05) is 0 Å². The van der Waals surface area contributed by atoms with Gasteiger partial charge in [-0.2, -0.15) is 0 Å². The van der Waals surface area contributed by atoms with Crippen molar-refractivity contribution in [2.24, 2.45) is 0 Å². The third-order valence-corrected chi connectivity index (χ3v) is 2.90. The lowest BCUT2D eigenvalue weighted by molar-refractivity contribution is -0.142. The fraction of sp³-hybridized carbons (Fsp3) is 0.600. The molecule has 2 aliphatic rings. The highest BCUT2D eigenvalue weighted by molar-refractivity contribution is 6.02. The highest BCUT2D eigenvalue weighted by atomic mass is 16.5. The Hall–Kier alpha value is -1.72. The Morgan fingerprint density at radius 1 is 1.56 bits per heavy atom. The first-order valence-corrected chi connectivity index (χ1v) is 5.24. The Morgan fingerprint density at radius 2 is 2.31 bits per heavy atom. The molecule has 1 unspecified atom stereocenters. The fourth-order valence-electron chi connectivity index (χ4n) is 2.06. The Morgan fingerprint density at radius 3 is 3.00 bits per heavy atom. The highest BCUT2D eigenvalue weighted by Crippen LogP contribution is 2.23. The van der Waals surface area contributed by atoms with Gasteiger partial charge in [0.15, 0.2) is 5.70 Å². The average molecular weight is 226 g/mol. The third kappa shape index (κ3) is 1.60. The number of nitrogens with zero attached hydrogens (tertiary/aromatic N) is 1. The van der Waals surface area contributed by atoms with Crippen LogP contribution >= 0.6 is 0 Å². The van der Waals surface area contributed by atoms with E-state index in [9.17, 15) is 14.7 Å². The van der Waals surface area contributed by atoms with Crippen molar-refractivity contribution < 1.29 is 19.4 Å². The molecule has 0 bridgehead atoms. The maximum Gasteiger partial charge on any atom is 0.358 e. The molecule has 88 valence electrons. The van der Waals surface area contributed by atoms with Crippen molar-refractivity contribution >= 4 is 11.9 Å². The molecule has 2 N–H and O–H groups in total. The SMILES string of the molecule is COC(=O)C1=C(O)C(=O)N2CCCCC2N1. The van der Waals surface area contributed by atoms with Crippen molar-refractivity contribution in [2.45, 2.75) is 25.4 Å². The molecule has 6 nitrogen and oxygen atoms in total. The summed E-state index contributed by atoms with van der Waals surface area (Å²) in [5.74, 6) is -1.76. The van der Waals surface area contributed by atoms with Gasteiger partial charge in [0.25, 0.3) is 5.91 Å². The van der Waals surface area contributed by atoms with Gasteiger partial charge in [0.05, 0.1) is 7.11 Å². The topological polar surface area (TPSA) is 78.9 Å². The molecular weight excluding hydrogens is 212 g/mol. The summed E-state index contributed by atoms with van der Waals surface area (Å²) in [5.41, 5.74) is -0.129. The molecule has 1 atom stereocenters. The minimum atomic E-state index is -0.712. The number of methoxy groups -OCH3 is 1. The zero-order valence-electron chi connectivity index (χ0n) is 9.02. The zero-order chi connectivity index (χ0) is 11.7. The third-order valence-electron chi connectivity index (χ3n) is 2.90. The van der Waals surface area contributed by atoms with Crippen molar-refractivity contribution in [1.82, 2.24) is 10.2 Å². The quantitative estimate of drug-likeness (QED) is 0.609. The minimum absolute atomic E-state index is 0.129. The van der Waals surface area contributed by atoms with Crippen LogP contribution in [0.3, 0.4) is 0 Å². The summed E-state index contributed by atoms with van der Waals surface area (Å²) in [5, 5.41) is 12.4. The monoisotopic (exact) mass is 226 g/mol. The van der Waals surface area contributed by atoms with Crippen LogP contribution in [0.25, 0.3) is 0 Å². The molecule has 2 aliphatic heterocycles. The first-order valence-electron chi connectivity index (χ1n) is 5.24. The molecule has 0 aromatic rings. The van der Waals surface area contributed by atoms with Crippen LogP contribution in [0, 0.1) is 0 Å². The van der Waals surface area contributed by atoms with Crippen LogP contribution in [0.1, 0.15) is 19.3 Å². The molecule has 0 aliphatic carbocycles. The number of rotatable bonds is 1. The molecule has 1 saturated heterocycles. The number of esters is 1. The number of amides is 1. The summed E-state index contributed by atoms with van der Waals surface area (Å²) in [6.45, 7) is 0.606. The molecule has 0 saturated carbocycles. The minimum Gasteiger partial charge on any atom is -0.501 e. The molecular formula is C10H14N2O4. The van der Waals surface area contributed by atoms with Gasteiger partial charge in [-0.25, -0.2) is 4.79 Å². The van der Waals surface area contributed by atoms with Crippen molar-refractivity contribution in [1.29, 1.82) is 0 Å². The number of carbonyl (C=O) groups is 2. The Bertz CT molecular complexity index is 364. The zero-order valence-corrected chi connectivity index (χ0v) is 9.02. The van der Waals surface area contributed by atoms with E-state index >= 15 is 0 Å². The lowest BCUT2D eigenvalue weighted by Crippen LogP contribution is -2.56. The highest BCUT2D eigenvalue weighted by Gasteiger charge is 2.37. The van der Waals surface area contributed by atoms with Gasteiger partial charge in [-0.15, -0.1) is 0 Å². The number of fused-ring (bicyclic) bond motifs is 1. The normalized spacial score (nSPS) is 24.9. The van der Waals surface area contributed by atoms with Crippen LogP contribution in [0.5, 0.6) is 0 Å². The van der Waals surface area contributed by atoms with E-state index in [1.54, 1.807) is 4.90 Å². The molecule has 6 heteroatoms. The van der Waals surface area contributed by atoms with Crippen molar-refractivity contribution in [3.05, 3.63) is 11.5 Å². The fourth-order valence-corrected chi connectivity index (χ4v) is 2.06. The van der Waals surface area contributed by atoms with Crippen molar-refractivity contribution in [3.63, 3.8) is 0 Å². The number of nitrogens with one attached hydrogen (secondary N) is 1.